The van der Waals surface area contributed by atoms with Crippen LogP contribution in [0.5, 0.6) is 23.5 Å². The number of ether oxygens (including phenoxy) is 5. The number of hydrogen-bond donors (Lipinski definition) is 0. The molecule has 0 spiro atoms. The fourth-order valence-corrected chi connectivity index (χ4v) is 9.53. The van der Waals surface area contributed by atoms with Crippen LogP contribution in [0.1, 0.15) is 83.7 Å². The molecule has 4 aliphatic heterocycles. The summed E-state index contributed by atoms with van der Waals surface area (Å²) < 4.78 is 62.1. The first-order valence-electron chi connectivity index (χ1n) is 20.0. The van der Waals surface area contributed by atoms with Gasteiger partial charge in [-0.25, -0.2) is 13.6 Å². The van der Waals surface area contributed by atoms with Crippen molar-refractivity contribution >= 4 is 33.8 Å². The van der Waals surface area contributed by atoms with Gasteiger partial charge in [-0.15, -0.1) is 6.42 Å². The molecule has 1 saturated carbocycles. The molecule has 2 aromatic carbocycles. The number of anilines is 1. The molecule has 4 aromatic rings. The molecule has 2 aromatic heterocycles. The third kappa shape index (κ3) is 6.84. The second kappa shape index (κ2) is 14.5. The molecule has 2 unspecified atom stereocenters. The van der Waals surface area contributed by atoms with Crippen molar-refractivity contribution in [2.45, 2.75) is 108 Å². The van der Waals surface area contributed by atoms with Crippen molar-refractivity contribution in [2.75, 3.05) is 51.6 Å². The van der Waals surface area contributed by atoms with Crippen molar-refractivity contribution in [3.05, 3.63) is 35.6 Å². The van der Waals surface area contributed by atoms with E-state index in [9.17, 15) is 9.18 Å². The van der Waals surface area contributed by atoms with Gasteiger partial charge in [0, 0.05) is 50.7 Å². The lowest BCUT2D eigenvalue weighted by Gasteiger charge is -2.42. The van der Waals surface area contributed by atoms with Gasteiger partial charge in [0.25, 0.3) is 0 Å². The minimum absolute atomic E-state index is 0.00927. The van der Waals surface area contributed by atoms with Crippen LogP contribution in [0.25, 0.3) is 21.9 Å². The van der Waals surface area contributed by atoms with E-state index in [1.807, 2.05) is 30.2 Å². The van der Waals surface area contributed by atoms with E-state index in [0.717, 1.165) is 51.5 Å². The second-order valence-corrected chi connectivity index (χ2v) is 17.1. The molecule has 0 radical (unpaired) electrons. The lowest BCUT2D eigenvalue weighted by Crippen LogP contribution is -2.57. The maximum absolute atomic E-state index is 15.2. The number of alkyl halides is 1. The minimum atomic E-state index is -0.902. The Morgan fingerprint density at radius 3 is 2.51 bits per heavy atom. The predicted octanol–water partition coefficient (Wildman–Crippen LogP) is 7.14. The standard InChI is InChI=1S/C42H49F2N7O6/c1-6-31-32(44)14-11-25-17-30(55-24-53-5)18-33(34(25)31)56-39-46-36-35(51(39)27-9-7-10-27)37(47-38(45-36)54-23-42-15-8-16-49(42)20-26(43)19-42)48-21-28-12-13-29(22-48)50(28)40(52)57-41(2,3)4/h1,11,14,17-18,26-29H,7-10,12-13,15-16,19-24H2,2-5H3/t26-,28?,29?,42+/m1/s1. The van der Waals surface area contributed by atoms with Gasteiger partial charge in [-0.1, -0.05) is 12.0 Å². The van der Waals surface area contributed by atoms with Crippen LogP contribution < -0.4 is 19.1 Å². The molecule has 0 N–H and O–H groups in total. The number of hydrogen-bond acceptors (Lipinski definition) is 11. The van der Waals surface area contributed by atoms with Crippen LogP contribution >= 0.6 is 0 Å². The number of fused-ring (bicyclic) bond motifs is 5. The second-order valence-electron chi connectivity index (χ2n) is 17.1. The summed E-state index contributed by atoms with van der Waals surface area (Å²) in [5, 5.41) is 1.03. The Balaban J connectivity index is 1.15. The molecule has 57 heavy (non-hydrogen) atoms. The van der Waals surface area contributed by atoms with Crippen LogP contribution in [-0.2, 0) is 9.47 Å². The number of nitrogens with zero attached hydrogens (tertiary/aromatic N) is 7. The van der Waals surface area contributed by atoms with Crippen LogP contribution in [0.4, 0.5) is 19.4 Å². The zero-order valence-electron chi connectivity index (χ0n) is 32.9. The fourth-order valence-electron chi connectivity index (χ4n) is 9.53. The lowest BCUT2D eigenvalue weighted by atomic mass is 9.93. The van der Waals surface area contributed by atoms with Crippen molar-refractivity contribution in [1.82, 2.24) is 29.3 Å². The number of imidazole rings is 1. The zero-order chi connectivity index (χ0) is 39.6. The largest absolute Gasteiger partial charge is 0.467 e. The topological polar surface area (TPSA) is 117 Å². The molecule has 13 nitrogen and oxygen atoms in total. The van der Waals surface area contributed by atoms with Crippen molar-refractivity contribution in [2.24, 2.45) is 0 Å². The van der Waals surface area contributed by atoms with Crippen LogP contribution in [0.2, 0.25) is 0 Å². The third-order valence-corrected chi connectivity index (χ3v) is 12.2. The average molecular weight is 786 g/mol. The Hall–Kier alpha value is -4.94. The number of halogens is 2. The maximum Gasteiger partial charge on any atom is 0.410 e. The normalized spacial score (nSPS) is 24.8. The van der Waals surface area contributed by atoms with Gasteiger partial charge in [0.05, 0.1) is 23.2 Å². The number of carbonyl (C=O) groups excluding carboxylic acids is 1. The summed E-state index contributed by atoms with van der Waals surface area (Å²) in [7, 11) is 1.53. The van der Waals surface area contributed by atoms with Gasteiger partial charge in [0.15, 0.2) is 18.3 Å². The summed E-state index contributed by atoms with van der Waals surface area (Å²) in [5.74, 6) is 3.29. The first-order valence-corrected chi connectivity index (χ1v) is 20.0. The quantitative estimate of drug-likeness (QED) is 0.121. The molecule has 1 aliphatic carbocycles. The maximum atomic E-state index is 15.2. The Labute approximate surface area is 330 Å². The van der Waals surface area contributed by atoms with E-state index >= 15 is 4.39 Å². The Kier molecular flexibility index (Phi) is 9.55. The number of rotatable bonds is 10. The molecule has 15 heteroatoms. The van der Waals surface area contributed by atoms with Gasteiger partial charge < -0.3 is 28.6 Å². The number of methoxy groups -OCH3 is 1. The van der Waals surface area contributed by atoms with E-state index in [1.54, 1.807) is 18.2 Å². The highest BCUT2D eigenvalue weighted by Gasteiger charge is 2.50. The van der Waals surface area contributed by atoms with Crippen molar-refractivity contribution in [1.29, 1.82) is 0 Å². The van der Waals surface area contributed by atoms with E-state index in [0.29, 0.717) is 59.6 Å². The van der Waals surface area contributed by atoms with Crippen LogP contribution in [0, 0.1) is 18.2 Å². The minimum Gasteiger partial charge on any atom is -0.467 e. The van der Waals surface area contributed by atoms with E-state index in [4.69, 9.17) is 45.1 Å². The van der Waals surface area contributed by atoms with Gasteiger partial charge in [0.2, 0.25) is 0 Å². The first kappa shape index (κ1) is 37.6. The van der Waals surface area contributed by atoms with Crippen LogP contribution in [0.3, 0.4) is 0 Å². The monoisotopic (exact) mass is 785 g/mol. The highest BCUT2D eigenvalue weighted by atomic mass is 19.1. The number of benzene rings is 2. The Morgan fingerprint density at radius 2 is 1.81 bits per heavy atom. The molecule has 5 fully saturated rings. The molecule has 1 amide bonds. The van der Waals surface area contributed by atoms with Crippen molar-refractivity contribution in [3.8, 4) is 35.9 Å². The van der Waals surface area contributed by atoms with Gasteiger partial charge in [-0.2, -0.15) is 15.0 Å². The first-order chi connectivity index (χ1) is 27.4. The van der Waals surface area contributed by atoms with Gasteiger partial charge >= 0.3 is 18.1 Å². The van der Waals surface area contributed by atoms with E-state index in [2.05, 4.69) is 15.7 Å². The number of amides is 1. The number of aromatic nitrogens is 4. The highest BCUT2D eigenvalue weighted by Crippen LogP contribution is 2.46. The van der Waals surface area contributed by atoms with Crippen LogP contribution in [0.15, 0.2) is 24.3 Å². The molecule has 4 atom stereocenters. The average Bonchev–Trinajstić information content (AvgIpc) is 3.86. The highest BCUT2D eigenvalue weighted by molar-refractivity contribution is 5.95. The number of piperazine rings is 1. The van der Waals surface area contributed by atoms with Crippen molar-refractivity contribution < 1.29 is 37.3 Å². The summed E-state index contributed by atoms with van der Waals surface area (Å²) in [6, 6.07) is 6.60. The lowest BCUT2D eigenvalue weighted by molar-refractivity contribution is 0.0122. The van der Waals surface area contributed by atoms with Crippen LogP contribution in [-0.4, -0.2) is 111 Å². The summed E-state index contributed by atoms with van der Waals surface area (Å²) >= 11 is 0. The van der Waals surface area contributed by atoms with E-state index < -0.39 is 23.1 Å². The summed E-state index contributed by atoms with van der Waals surface area (Å²) in [6.07, 6.45) is 11.3. The Morgan fingerprint density at radius 1 is 1.02 bits per heavy atom. The predicted molar refractivity (Wildman–Crippen MR) is 208 cm³/mol. The zero-order valence-corrected chi connectivity index (χ0v) is 32.9. The molecule has 302 valence electrons. The molecule has 2 bridgehead atoms. The third-order valence-electron chi connectivity index (χ3n) is 12.2. The summed E-state index contributed by atoms with van der Waals surface area (Å²) in [4.78, 5) is 34.8. The van der Waals surface area contributed by atoms with Crippen molar-refractivity contribution in [3.63, 3.8) is 0 Å². The van der Waals surface area contributed by atoms with Gasteiger partial charge in [0.1, 0.15) is 41.2 Å². The summed E-state index contributed by atoms with van der Waals surface area (Å²) in [5.41, 5.74) is 0.0832. The van der Waals surface area contributed by atoms with E-state index in [1.165, 1.54) is 13.2 Å². The number of carbonyl (C=O) groups is 1. The Bertz CT molecular complexity index is 2240. The SMILES string of the molecule is C#Cc1c(F)ccc2cc(OCOC)cc(Oc3nc4nc(OC[C@@]56CCCN5C[C@H](F)C6)nc(N5CC6CCC(C5)N6C(=O)OC(C)(C)C)c4n3C3CCC3)c12. The molecule has 6 heterocycles. The van der Waals surface area contributed by atoms with Gasteiger partial charge in [-0.05, 0) is 89.8 Å². The van der Waals surface area contributed by atoms with E-state index in [-0.39, 0.29) is 61.0 Å². The molecule has 9 rings (SSSR count). The molecule has 5 aliphatic rings. The fraction of sp³-hybridized carbons (Fsp3) is 0.571. The summed E-state index contributed by atoms with van der Waals surface area (Å²) in [6.45, 7) is 8.15. The smallest absolute Gasteiger partial charge is 0.410 e. The molecule has 4 saturated heterocycles. The number of terminal acetylenes is 1. The molecular formula is C42H49F2N7O6. The van der Waals surface area contributed by atoms with Gasteiger partial charge in [-0.3, -0.25) is 14.4 Å². The molecular weight excluding hydrogens is 737 g/mol.